The molecule has 0 unspecified atom stereocenters. The van der Waals surface area contributed by atoms with Gasteiger partial charge in [0.1, 0.15) is 0 Å². The topological polar surface area (TPSA) is 49.9 Å². The van der Waals surface area contributed by atoms with E-state index in [0.717, 1.165) is 0 Å². The van der Waals surface area contributed by atoms with Crippen molar-refractivity contribution in [3.8, 4) is 0 Å². The van der Waals surface area contributed by atoms with Crippen molar-refractivity contribution in [2.75, 3.05) is 0 Å². The molecule has 0 aromatic rings. The van der Waals surface area contributed by atoms with Gasteiger partial charge in [0, 0.05) is 0 Å². The average Bonchev–Trinajstić information content (AvgIpc) is 0.811. The van der Waals surface area contributed by atoms with Crippen molar-refractivity contribution in [1.29, 1.82) is 5.41 Å². The summed E-state index contributed by atoms with van der Waals surface area (Å²) in [6.45, 7) is 0. The number of hydrogen-bond acceptors (Lipinski definition) is 1. The van der Waals surface area contributed by atoms with Crippen LogP contribution in [0.3, 0.4) is 0 Å². The molecule has 0 aliphatic rings. The fraction of sp³-hybridized carbons (Fsp3) is 0. The van der Waals surface area contributed by atoms with Crippen molar-refractivity contribution in [2.45, 2.75) is 0 Å². The number of rotatable bonds is 0. The van der Waals surface area contributed by atoms with E-state index in [9.17, 15) is 0 Å². The first-order valence-electron chi connectivity index (χ1n) is 1.04. The predicted molar refractivity (Wildman–Crippen MR) is 17.7 cm³/mol. The van der Waals surface area contributed by atoms with Crippen molar-refractivity contribution in [3.05, 3.63) is 0 Å². The second-order valence-corrected chi connectivity index (χ2v) is 3.33. The van der Waals surface area contributed by atoms with Crippen molar-refractivity contribution >= 4 is 54.4 Å². The average molecular weight is 129 g/mol. The molecule has 0 aliphatic carbocycles. The molecular formula is CH3N2Rb. The van der Waals surface area contributed by atoms with Crippen molar-refractivity contribution < 1.29 is 0 Å². The summed E-state index contributed by atoms with van der Waals surface area (Å²) < 4.78 is 0.377. The fourth-order valence-electron chi connectivity index (χ4n) is 0. The molecule has 3 N–H and O–H groups in total. The van der Waals surface area contributed by atoms with Crippen LogP contribution < -0.4 is 5.73 Å². The zero-order chi connectivity index (χ0) is 3.58. The molecular weight excluding hydrogens is 125 g/mol. The first-order valence-corrected chi connectivity index (χ1v) is 3.50. The Balaban J connectivity index is 2.80. The molecule has 0 atom stereocenters. The predicted octanol–water partition coefficient (Wildman–Crippen LogP) is -0.952. The fourth-order valence-corrected chi connectivity index (χ4v) is 0. The second-order valence-electron chi connectivity index (χ2n) is 0.683. The standard InChI is InChI=1S/CH3N2.Rb/c2-1-3;/h(H3,2,3);. The van der Waals surface area contributed by atoms with E-state index in [-0.39, 0.29) is 0 Å². The van der Waals surface area contributed by atoms with Crippen molar-refractivity contribution in [3.63, 3.8) is 0 Å². The minimum atomic E-state index is 0.291. The third kappa shape index (κ3) is 10.4. The Hall–Kier alpha value is 1.28. The second kappa shape index (κ2) is 2.51. The summed E-state index contributed by atoms with van der Waals surface area (Å²) >= 11 is 0.291. The number of nitrogens with two attached hydrogens (primary N) is 1. The van der Waals surface area contributed by atoms with E-state index < -0.39 is 0 Å². The maximum absolute atomic E-state index is 6.37. The van der Waals surface area contributed by atoms with Crippen LogP contribution in [0.15, 0.2) is 0 Å². The van der Waals surface area contributed by atoms with Gasteiger partial charge in [0.2, 0.25) is 0 Å². The molecule has 0 saturated heterocycles. The first-order chi connectivity index (χ1) is 1.73. The van der Waals surface area contributed by atoms with Gasteiger partial charge in [-0.15, -0.1) is 0 Å². The van der Waals surface area contributed by atoms with E-state index in [0.29, 0.717) is 54.4 Å². The van der Waals surface area contributed by atoms with Gasteiger partial charge in [-0.3, -0.25) is 0 Å². The molecule has 2 nitrogen and oxygen atoms in total. The van der Waals surface area contributed by atoms with Crippen LogP contribution in [0.4, 0.5) is 0 Å². The zero-order valence-electron chi connectivity index (χ0n) is 2.58. The third-order valence-electron chi connectivity index (χ3n) is 0. The summed E-state index contributed by atoms with van der Waals surface area (Å²) in [4.78, 5) is 0. The quantitative estimate of drug-likeness (QED) is 0.321. The minimum absolute atomic E-state index is 0.291. The Morgan fingerprint density at radius 3 is 2.00 bits per heavy atom. The SMILES string of the molecule is N=[C](N)[Rb]. The third-order valence-corrected chi connectivity index (χ3v) is 0. The zero-order valence-corrected chi connectivity index (χ0v) is 7.49. The van der Waals surface area contributed by atoms with Gasteiger partial charge in [-0.05, 0) is 0 Å². The molecule has 0 spiro atoms. The molecule has 0 aromatic heterocycles. The summed E-state index contributed by atoms with van der Waals surface area (Å²) in [5.41, 5.74) is 4.79. The van der Waals surface area contributed by atoms with Crippen LogP contribution in [0.5, 0.6) is 0 Å². The summed E-state index contributed by atoms with van der Waals surface area (Å²) in [7, 11) is 0. The molecule has 0 aliphatic heterocycles. The molecule has 0 aromatic carbocycles. The van der Waals surface area contributed by atoms with E-state index in [1.807, 2.05) is 0 Å². The molecule has 0 fully saturated rings. The Labute approximate surface area is 64.0 Å². The Morgan fingerprint density at radius 1 is 2.00 bits per heavy atom. The van der Waals surface area contributed by atoms with Crippen LogP contribution >= 0.6 is 0 Å². The monoisotopic (exact) mass is 128 g/mol. The maximum atomic E-state index is 6.37. The van der Waals surface area contributed by atoms with Crippen LogP contribution in [0.25, 0.3) is 0 Å². The number of hydrogen-bond donors (Lipinski definition) is 2. The van der Waals surface area contributed by atoms with E-state index in [1.165, 1.54) is 0 Å². The molecule has 4 heavy (non-hydrogen) atoms. The normalized spacial score (nSPS) is 6.50. The van der Waals surface area contributed by atoms with Gasteiger partial charge in [0.25, 0.3) is 0 Å². The number of amidine groups is 1. The van der Waals surface area contributed by atoms with Crippen LogP contribution in [0.2, 0.25) is 0 Å². The van der Waals surface area contributed by atoms with Gasteiger partial charge in [0.15, 0.2) is 0 Å². The Morgan fingerprint density at radius 2 is 2.00 bits per heavy atom. The molecule has 0 radical (unpaired) electrons. The molecule has 0 heterocycles. The molecule has 18 valence electrons. The molecule has 0 saturated carbocycles. The van der Waals surface area contributed by atoms with E-state index in [1.54, 1.807) is 0 Å². The number of nitrogens with one attached hydrogen (secondary N) is 1. The van der Waals surface area contributed by atoms with E-state index >= 15 is 0 Å². The van der Waals surface area contributed by atoms with E-state index in [2.05, 4.69) is 0 Å². The Bertz CT molecular complexity index is 29.0. The summed E-state index contributed by atoms with van der Waals surface area (Å²) in [5, 5.41) is 6.37. The van der Waals surface area contributed by atoms with Gasteiger partial charge >= 0.3 is 65.6 Å². The Kier molecular flexibility index (Phi) is 3.31. The molecule has 0 amide bonds. The van der Waals surface area contributed by atoms with Gasteiger partial charge in [-0.1, -0.05) is 0 Å². The summed E-state index contributed by atoms with van der Waals surface area (Å²) in [5.74, 6) is 0. The summed E-state index contributed by atoms with van der Waals surface area (Å²) in [6.07, 6.45) is 0. The molecule has 3 heteroatoms. The van der Waals surface area contributed by atoms with Crippen LogP contribution in [0, 0.1) is 5.41 Å². The van der Waals surface area contributed by atoms with Crippen molar-refractivity contribution in [1.82, 2.24) is 0 Å². The van der Waals surface area contributed by atoms with E-state index in [4.69, 9.17) is 11.1 Å². The van der Waals surface area contributed by atoms with Crippen LogP contribution in [0.1, 0.15) is 0 Å². The van der Waals surface area contributed by atoms with Gasteiger partial charge in [0.05, 0.1) is 0 Å². The van der Waals surface area contributed by atoms with Gasteiger partial charge < -0.3 is 0 Å². The first kappa shape index (κ1) is 5.28. The van der Waals surface area contributed by atoms with Crippen LogP contribution in [-0.4, -0.2) is 54.4 Å². The molecule has 0 bridgehead atoms. The van der Waals surface area contributed by atoms with Crippen molar-refractivity contribution in [2.24, 2.45) is 5.73 Å². The van der Waals surface area contributed by atoms with Gasteiger partial charge in [-0.25, -0.2) is 0 Å². The van der Waals surface area contributed by atoms with Gasteiger partial charge in [-0.2, -0.15) is 0 Å². The van der Waals surface area contributed by atoms with Crippen LogP contribution in [-0.2, 0) is 0 Å². The molecule has 0 rings (SSSR count). The summed E-state index contributed by atoms with van der Waals surface area (Å²) in [6, 6.07) is 0.